The quantitative estimate of drug-likeness (QED) is 0.174. The fraction of sp³-hybridized carbons (Fsp3) is 0. The molecule has 51 heavy (non-hydrogen) atoms. The highest BCUT2D eigenvalue weighted by molar-refractivity contribution is 6.26. The predicted molar refractivity (Wildman–Crippen MR) is 213 cm³/mol. The van der Waals surface area contributed by atoms with Crippen LogP contribution < -0.4 is 0 Å². The van der Waals surface area contributed by atoms with Gasteiger partial charge in [-0.3, -0.25) is 0 Å². The number of hydrogen-bond donors (Lipinski definition) is 0. The first-order valence-corrected chi connectivity index (χ1v) is 17.3. The van der Waals surface area contributed by atoms with E-state index < -0.39 is 0 Å². The lowest BCUT2D eigenvalue weighted by Gasteiger charge is -2.15. The maximum absolute atomic E-state index is 5.38. The second-order valence-electron chi connectivity index (χ2n) is 13.0. The van der Waals surface area contributed by atoms with Gasteiger partial charge in [0.25, 0.3) is 0 Å². The van der Waals surface area contributed by atoms with E-state index in [9.17, 15) is 0 Å². The Hall–Kier alpha value is -6.84. The Morgan fingerprint density at radius 2 is 0.922 bits per heavy atom. The molecule has 0 radical (unpaired) electrons. The van der Waals surface area contributed by atoms with Crippen LogP contribution in [-0.4, -0.2) is 14.5 Å². The van der Waals surface area contributed by atoms with Gasteiger partial charge >= 0.3 is 0 Å². The van der Waals surface area contributed by atoms with E-state index in [0.29, 0.717) is 0 Å². The maximum Gasteiger partial charge on any atom is 0.0789 e. The van der Waals surface area contributed by atoms with Gasteiger partial charge in [0, 0.05) is 49.3 Å². The van der Waals surface area contributed by atoms with Gasteiger partial charge in [-0.2, -0.15) is 0 Å². The number of hydrogen-bond acceptors (Lipinski definition) is 2. The maximum atomic E-state index is 5.38. The lowest BCUT2D eigenvalue weighted by molar-refractivity contribution is 1.19. The minimum Gasteiger partial charge on any atom is -0.309 e. The Balaban J connectivity index is 1.24. The van der Waals surface area contributed by atoms with Crippen molar-refractivity contribution in [2.24, 2.45) is 0 Å². The van der Waals surface area contributed by atoms with Crippen molar-refractivity contribution in [3.05, 3.63) is 188 Å². The number of fused-ring (bicyclic) bond motifs is 7. The smallest absolute Gasteiger partial charge is 0.0789 e. The topological polar surface area (TPSA) is 30.7 Å². The first kappa shape index (κ1) is 29.1. The standard InChI is InChI=1S/C48H31N3/c1-4-15-32(16-5-1)43-30-36(31-44(49-43)33-17-6-2-7-18-33)34-19-14-20-35(29-34)47-41-28-27-39-38-23-11-13-26-45(38)51(37-21-8-3-9-22-37)48(39)46(41)40-24-10-12-25-42(40)50-47/h1-31H. The third-order valence-corrected chi connectivity index (χ3v) is 9.95. The van der Waals surface area contributed by atoms with Gasteiger partial charge in [-0.15, -0.1) is 0 Å². The molecule has 3 heterocycles. The van der Waals surface area contributed by atoms with Gasteiger partial charge in [-0.1, -0.05) is 146 Å². The van der Waals surface area contributed by atoms with Crippen LogP contribution in [0.1, 0.15) is 0 Å². The monoisotopic (exact) mass is 649 g/mol. The molecule has 3 heteroatoms. The van der Waals surface area contributed by atoms with Crippen molar-refractivity contribution in [1.29, 1.82) is 0 Å². The van der Waals surface area contributed by atoms with E-state index in [2.05, 4.69) is 180 Å². The van der Waals surface area contributed by atoms with Crippen molar-refractivity contribution < 1.29 is 0 Å². The van der Waals surface area contributed by atoms with Crippen LogP contribution in [0.4, 0.5) is 0 Å². The van der Waals surface area contributed by atoms with E-state index in [1.165, 1.54) is 27.2 Å². The van der Waals surface area contributed by atoms with Crippen molar-refractivity contribution in [1.82, 2.24) is 14.5 Å². The van der Waals surface area contributed by atoms with Crippen LogP contribution in [0.2, 0.25) is 0 Å². The van der Waals surface area contributed by atoms with Gasteiger partial charge in [0.05, 0.1) is 33.6 Å². The zero-order valence-electron chi connectivity index (χ0n) is 27.7. The van der Waals surface area contributed by atoms with Gasteiger partial charge in [0.15, 0.2) is 0 Å². The first-order valence-electron chi connectivity index (χ1n) is 17.3. The van der Waals surface area contributed by atoms with Crippen molar-refractivity contribution in [3.63, 3.8) is 0 Å². The molecular formula is C48H31N3. The summed E-state index contributed by atoms with van der Waals surface area (Å²) in [6.45, 7) is 0. The van der Waals surface area contributed by atoms with Gasteiger partial charge in [0.2, 0.25) is 0 Å². The highest BCUT2D eigenvalue weighted by Gasteiger charge is 2.20. The molecule has 238 valence electrons. The summed E-state index contributed by atoms with van der Waals surface area (Å²) in [5.74, 6) is 0. The van der Waals surface area contributed by atoms with Crippen LogP contribution in [0.25, 0.3) is 94.1 Å². The van der Waals surface area contributed by atoms with Crippen LogP contribution in [-0.2, 0) is 0 Å². The SMILES string of the molecule is c1ccc(-c2cc(-c3cccc(-c4nc5ccccc5c5c4ccc4c6ccccc6n(-c6ccccc6)c45)c3)cc(-c3ccccc3)n2)cc1. The van der Waals surface area contributed by atoms with Crippen LogP contribution in [0, 0.1) is 0 Å². The fourth-order valence-corrected chi connectivity index (χ4v) is 7.61. The highest BCUT2D eigenvalue weighted by atomic mass is 15.0. The number of pyridine rings is 2. The number of aromatic nitrogens is 3. The second-order valence-corrected chi connectivity index (χ2v) is 13.0. The van der Waals surface area contributed by atoms with Gasteiger partial charge in [0.1, 0.15) is 0 Å². The second kappa shape index (κ2) is 11.9. The van der Waals surface area contributed by atoms with Gasteiger partial charge in [-0.25, -0.2) is 9.97 Å². The Kier molecular flexibility index (Phi) is 6.81. The molecule has 0 aliphatic rings. The normalized spacial score (nSPS) is 11.5. The Bertz CT molecular complexity index is 2830. The Labute approximate surface area is 295 Å². The zero-order valence-corrected chi connectivity index (χ0v) is 27.7. The van der Waals surface area contributed by atoms with Gasteiger partial charge in [-0.05, 0) is 53.6 Å². The van der Waals surface area contributed by atoms with Crippen molar-refractivity contribution in [2.45, 2.75) is 0 Å². The van der Waals surface area contributed by atoms with Crippen molar-refractivity contribution in [2.75, 3.05) is 0 Å². The lowest BCUT2D eigenvalue weighted by atomic mass is 9.95. The van der Waals surface area contributed by atoms with Crippen LogP contribution >= 0.6 is 0 Å². The van der Waals surface area contributed by atoms with E-state index in [1.807, 2.05) is 12.1 Å². The summed E-state index contributed by atoms with van der Waals surface area (Å²) in [7, 11) is 0. The molecule has 10 aromatic rings. The van der Waals surface area contributed by atoms with Gasteiger partial charge < -0.3 is 4.57 Å². The molecule has 0 aliphatic heterocycles. The molecule has 0 amide bonds. The fourth-order valence-electron chi connectivity index (χ4n) is 7.61. The Morgan fingerprint density at radius 1 is 0.353 bits per heavy atom. The molecule has 0 saturated heterocycles. The summed E-state index contributed by atoms with van der Waals surface area (Å²) in [5, 5.41) is 5.95. The molecule has 0 fully saturated rings. The molecule has 10 rings (SSSR count). The Morgan fingerprint density at radius 3 is 1.65 bits per heavy atom. The van der Waals surface area contributed by atoms with E-state index >= 15 is 0 Å². The third-order valence-electron chi connectivity index (χ3n) is 9.95. The number of para-hydroxylation sites is 3. The van der Waals surface area contributed by atoms with E-state index in [-0.39, 0.29) is 0 Å². The molecule has 0 aliphatic carbocycles. The highest BCUT2D eigenvalue weighted by Crippen LogP contribution is 2.42. The first-order chi connectivity index (χ1) is 25.3. The molecule has 3 aromatic heterocycles. The third kappa shape index (κ3) is 4.90. The molecule has 0 N–H and O–H groups in total. The minimum atomic E-state index is 0.947. The summed E-state index contributed by atoms with van der Waals surface area (Å²) in [5.41, 5.74) is 12.9. The predicted octanol–water partition coefficient (Wildman–Crippen LogP) is 12.5. The number of nitrogens with zero attached hydrogens (tertiary/aromatic N) is 3. The lowest BCUT2D eigenvalue weighted by Crippen LogP contribution is -1.96. The zero-order chi connectivity index (χ0) is 33.7. The molecule has 7 aromatic carbocycles. The average Bonchev–Trinajstić information content (AvgIpc) is 3.56. The summed E-state index contributed by atoms with van der Waals surface area (Å²) < 4.78 is 2.42. The summed E-state index contributed by atoms with van der Waals surface area (Å²) in [4.78, 5) is 10.5. The number of benzene rings is 7. The molecule has 3 nitrogen and oxygen atoms in total. The van der Waals surface area contributed by atoms with Crippen molar-refractivity contribution in [3.8, 4) is 50.6 Å². The number of rotatable bonds is 5. The van der Waals surface area contributed by atoms with Crippen LogP contribution in [0.15, 0.2) is 188 Å². The average molecular weight is 650 g/mol. The molecule has 0 saturated carbocycles. The molecular weight excluding hydrogens is 619 g/mol. The minimum absolute atomic E-state index is 0.947. The van der Waals surface area contributed by atoms with E-state index in [4.69, 9.17) is 9.97 Å². The van der Waals surface area contributed by atoms with Crippen LogP contribution in [0.3, 0.4) is 0 Å². The van der Waals surface area contributed by atoms with Crippen molar-refractivity contribution >= 4 is 43.5 Å². The molecule has 0 bridgehead atoms. The van der Waals surface area contributed by atoms with Crippen LogP contribution in [0.5, 0.6) is 0 Å². The largest absolute Gasteiger partial charge is 0.309 e. The molecule has 0 spiro atoms. The molecule has 0 atom stereocenters. The molecule has 0 unspecified atom stereocenters. The van der Waals surface area contributed by atoms with E-state index in [1.54, 1.807) is 0 Å². The summed E-state index contributed by atoms with van der Waals surface area (Å²) in [6.07, 6.45) is 0. The summed E-state index contributed by atoms with van der Waals surface area (Å²) in [6, 6.07) is 66.6. The summed E-state index contributed by atoms with van der Waals surface area (Å²) >= 11 is 0. The van der Waals surface area contributed by atoms with E-state index in [0.717, 1.165) is 66.9 Å².